The molecule has 7 heteroatoms. The van der Waals surface area contributed by atoms with Gasteiger partial charge in [0, 0.05) is 31.1 Å². The summed E-state index contributed by atoms with van der Waals surface area (Å²) < 4.78 is 79.1. The lowest BCUT2D eigenvalue weighted by atomic mass is 9.89. The van der Waals surface area contributed by atoms with Gasteiger partial charge in [0.1, 0.15) is 11.5 Å². The molecule has 0 amide bonds. The summed E-state index contributed by atoms with van der Waals surface area (Å²) in [5.41, 5.74) is 2.38. The van der Waals surface area contributed by atoms with Crippen LogP contribution in [0.2, 0.25) is 0 Å². The molecule has 0 bridgehead atoms. The van der Waals surface area contributed by atoms with Crippen LogP contribution in [0.4, 0.5) is 22.0 Å². The lowest BCUT2D eigenvalue weighted by molar-refractivity contribution is 0.381. The minimum Gasteiger partial charge on any atom is -0.456 e. The molecule has 8 rings (SSSR count). The maximum absolute atomic E-state index is 14.6. The number of fused-ring (bicyclic) bond motifs is 5. The minimum absolute atomic E-state index is 0.180. The normalized spacial score (nSPS) is 12.2. The van der Waals surface area contributed by atoms with E-state index in [4.69, 9.17) is 4.74 Å². The molecule has 198 valence electrons. The summed E-state index contributed by atoms with van der Waals surface area (Å²) in [4.78, 5) is 0. The van der Waals surface area contributed by atoms with E-state index in [1.165, 1.54) is 32.3 Å². The number of hydrogen-bond donors (Lipinski definition) is 0. The third-order valence-electron chi connectivity index (χ3n) is 7.68. The molecular weight excluding hydrogens is 551 g/mol. The molecule has 1 aromatic heterocycles. The Balaban J connectivity index is 1.30. The molecule has 41 heavy (non-hydrogen) atoms. The zero-order chi connectivity index (χ0) is 28.0. The molecule has 1 nitrogen and oxygen atoms in total. The largest absolute Gasteiger partial charge is 0.456 e. The highest BCUT2D eigenvalue weighted by Crippen LogP contribution is 2.50. The Morgan fingerprint density at radius 1 is 0.463 bits per heavy atom. The van der Waals surface area contributed by atoms with Crippen LogP contribution in [-0.4, -0.2) is 0 Å². The second-order valence-electron chi connectivity index (χ2n) is 9.91. The highest BCUT2D eigenvalue weighted by Gasteiger charge is 2.28. The second-order valence-corrected chi connectivity index (χ2v) is 11.0. The first-order valence-electron chi connectivity index (χ1n) is 12.7. The Bertz CT molecular complexity index is 2220. The van der Waals surface area contributed by atoms with E-state index in [2.05, 4.69) is 30.3 Å². The minimum atomic E-state index is -2.19. The Kier molecular flexibility index (Phi) is 5.06. The molecule has 1 aliphatic rings. The number of halogens is 5. The van der Waals surface area contributed by atoms with E-state index in [1.807, 2.05) is 36.4 Å². The van der Waals surface area contributed by atoms with E-state index in [1.54, 1.807) is 23.5 Å². The summed E-state index contributed by atoms with van der Waals surface area (Å²) in [5.74, 6) is -9.17. The molecule has 0 N–H and O–H groups in total. The maximum atomic E-state index is 14.6. The van der Waals surface area contributed by atoms with E-state index >= 15 is 0 Å². The third kappa shape index (κ3) is 3.39. The summed E-state index contributed by atoms with van der Waals surface area (Å²) in [6, 6.07) is 28.7. The highest BCUT2D eigenvalue weighted by molar-refractivity contribution is 7.25. The van der Waals surface area contributed by atoms with Crippen molar-refractivity contribution in [2.24, 2.45) is 0 Å². The first kappa shape index (κ1) is 24.1. The number of hydrogen-bond acceptors (Lipinski definition) is 2. The van der Waals surface area contributed by atoms with Crippen LogP contribution in [-0.2, 0) is 0 Å². The Morgan fingerprint density at radius 2 is 1.12 bits per heavy atom. The molecule has 0 aliphatic carbocycles. The maximum Gasteiger partial charge on any atom is 0.200 e. The quantitative estimate of drug-likeness (QED) is 0.115. The first-order chi connectivity index (χ1) is 19.9. The monoisotopic (exact) mass is 566 g/mol. The second kappa shape index (κ2) is 8.62. The predicted octanol–water partition coefficient (Wildman–Crippen LogP) is 11.0. The number of thiophene rings is 1. The summed E-state index contributed by atoms with van der Waals surface area (Å²) in [7, 11) is 0. The Hall–Kier alpha value is -4.75. The van der Waals surface area contributed by atoms with Crippen molar-refractivity contribution >= 4 is 42.3 Å². The lowest BCUT2D eigenvalue weighted by Gasteiger charge is -2.23. The van der Waals surface area contributed by atoms with Crippen molar-refractivity contribution in [2.75, 3.05) is 0 Å². The van der Waals surface area contributed by atoms with Crippen molar-refractivity contribution in [3.8, 4) is 44.9 Å². The smallest absolute Gasteiger partial charge is 0.200 e. The summed E-state index contributed by atoms with van der Waals surface area (Å²) in [5, 5.41) is 4.23. The van der Waals surface area contributed by atoms with Crippen molar-refractivity contribution in [2.45, 2.75) is 0 Å². The molecule has 0 saturated carbocycles. The van der Waals surface area contributed by atoms with E-state index in [0.717, 1.165) is 27.5 Å². The average molecular weight is 567 g/mol. The van der Waals surface area contributed by atoms with Gasteiger partial charge >= 0.3 is 0 Å². The number of ether oxygens (including phenoxy) is 1. The van der Waals surface area contributed by atoms with Gasteiger partial charge in [-0.05, 0) is 64.0 Å². The molecule has 0 fully saturated rings. The van der Waals surface area contributed by atoms with Gasteiger partial charge in [0.25, 0.3) is 0 Å². The predicted molar refractivity (Wildman–Crippen MR) is 153 cm³/mol. The first-order valence-corrected chi connectivity index (χ1v) is 13.5. The van der Waals surface area contributed by atoms with Crippen LogP contribution in [0.25, 0.3) is 64.3 Å². The standard InChI is InChI=1S/C34H15F5OS/c35-30-28(31(36)33(38)34(39)32(30)37)17-8-10-19-22-12-11-18(21-5-3-6-24(29(21)22)40-25(19)15-17)16-9-13-27-23(14-16)20-4-1-2-7-26(20)41-27/h1-15H. The average Bonchev–Trinajstić information content (AvgIpc) is 3.37. The van der Waals surface area contributed by atoms with Crippen molar-refractivity contribution < 1.29 is 26.7 Å². The molecule has 0 unspecified atom stereocenters. The van der Waals surface area contributed by atoms with Gasteiger partial charge in [0.05, 0.1) is 5.56 Å². The van der Waals surface area contributed by atoms with Gasteiger partial charge in [-0.1, -0.05) is 54.6 Å². The molecule has 0 saturated heterocycles. The molecule has 2 heterocycles. The van der Waals surface area contributed by atoms with Crippen LogP contribution < -0.4 is 4.74 Å². The molecule has 7 aromatic rings. The van der Waals surface area contributed by atoms with Crippen molar-refractivity contribution in [3.05, 3.63) is 120 Å². The van der Waals surface area contributed by atoms with Crippen LogP contribution >= 0.6 is 11.3 Å². The molecule has 0 radical (unpaired) electrons. The summed E-state index contributed by atoms with van der Waals surface area (Å²) in [6.45, 7) is 0. The van der Waals surface area contributed by atoms with Crippen LogP contribution in [0, 0.1) is 29.1 Å². The Labute approximate surface area is 233 Å². The van der Waals surface area contributed by atoms with E-state index < -0.39 is 34.6 Å². The molecular formula is C34H15F5OS. The van der Waals surface area contributed by atoms with Crippen molar-refractivity contribution in [3.63, 3.8) is 0 Å². The number of rotatable bonds is 2. The molecule has 6 aromatic carbocycles. The fourth-order valence-corrected chi connectivity index (χ4v) is 6.88. The van der Waals surface area contributed by atoms with E-state index in [9.17, 15) is 22.0 Å². The van der Waals surface area contributed by atoms with Gasteiger partial charge in [-0.3, -0.25) is 0 Å². The van der Waals surface area contributed by atoms with Crippen LogP contribution in [0.3, 0.4) is 0 Å². The molecule has 1 aliphatic heterocycles. The number of benzene rings is 6. The summed E-state index contributed by atoms with van der Waals surface area (Å²) in [6.07, 6.45) is 0. The Morgan fingerprint density at radius 3 is 1.95 bits per heavy atom. The highest BCUT2D eigenvalue weighted by atomic mass is 32.1. The van der Waals surface area contributed by atoms with Gasteiger partial charge < -0.3 is 4.74 Å². The molecule has 0 atom stereocenters. The van der Waals surface area contributed by atoms with E-state index in [0.29, 0.717) is 11.3 Å². The third-order valence-corrected chi connectivity index (χ3v) is 8.83. The van der Waals surface area contributed by atoms with Gasteiger partial charge in [-0.25, -0.2) is 22.0 Å². The van der Waals surface area contributed by atoms with Crippen molar-refractivity contribution in [1.82, 2.24) is 0 Å². The van der Waals surface area contributed by atoms with E-state index in [-0.39, 0.29) is 11.3 Å². The van der Waals surface area contributed by atoms with Gasteiger partial charge in [0.15, 0.2) is 23.3 Å². The molecule has 0 spiro atoms. The summed E-state index contributed by atoms with van der Waals surface area (Å²) >= 11 is 1.76. The van der Waals surface area contributed by atoms with Crippen LogP contribution in [0.15, 0.2) is 91.0 Å². The van der Waals surface area contributed by atoms with Gasteiger partial charge in [0.2, 0.25) is 5.82 Å². The van der Waals surface area contributed by atoms with Gasteiger partial charge in [-0.15, -0.1) is 11.3 Å². The van der Waals surface area contributed by atoms with Gasteiger partial charge in [-0.2, -0.15) is 0 Å². The van der Waals surface area contributed by atoms with Crippen molar-refractivity contribution in [1.29, 1.82) is 0 Å². The zero-order valence-corrected chi connectivity index (χ0v) is 21.7. The SMILES string of the molecule is Fc1c(F)c(F)c(-c2ccc3c(c2)Oc2cccc4c(-c5ccc6sc7ccccc7c6c5)ccc-3c24)c(F)c1F. The fourth-order valence-electron chi connectivity index (χ4n) is 5.79. The fraction of sp³-hybridized carbons (Fsp3) is 0. The lowest BCUT2D eigenvalue weighted by Crippen LogP contribution is -2.04. The topological polar surface area (TPSA) is 9.23 Å². The van der Waals surface area contributed by atoms with Crippen LogP contribution in [0.1, 0.15) is 0 Å². The van der Waals surface area contributed by atoms with Crippen LogP contribution in [0.5, 0.6) is 11.5 Å². The zero-order valence-electron chi connectivity index (χ0n) is 20.9.